The molecule has 1 aliphatic carbocycles. The van der Waals surface area contributed by atoms with Gasteiger partial charge in [0.05, 0.1) is 17.4 Å². The van der Waals surface area contributed by atoms with Crippen LogP contribution in [0.25, 0.3) is 0 Å². The van der Waals surface area contributed by atoms with Crippen molar-refractivity contribution < 1.29 is 0 Å². The van der Waals surface area contributed by atoms with Gasteiger partial charge >= 0.3 is 0 Å². The number of nitrogens with two attached hydrogens (primary N) is 1. The van der Waals surface area contributed by atoms with Crippen molar-refractivity contribution in [1.82, 2.24) is 15.0 Å². The molecule has 1 saturated heterocycles. The highest BCUT2D eigenvalue weighted by Crippen LogP contribution is 2.50. The van der Waals surface area contributed by atoms with Gasteiger partial charge in [0, 0.05) is 30.2 Å². The Balaban J connectivity index is 1.26. The van der Waals surface area contributed by atoms with Gasteiger partial charge in [0.1, 0.15) is 16.0 Å². The van der Waals surface area contributed by atoms with Gasteiger partial charge in [0.25, 0.3) is 0 Å². The molecule has 0 radical (unpaired) electrons. The highest BCUT2D eigenvalue weighted by Gasteiger charge is 2.45. The number of fused-ring (bicyclic) bond motifs is 1. The first-order valence-electron chi connectivity index (χ1n) is 9.94. The monoisotopic (exact) mass is 457 g/mol. The van der Waals surface area contributed by atoms with Crippen molar-refractivity contribution in [3.05, 3.63) is 70.2 Å². The predicted molar refractivity (Wildman–Crippen MR) is 121 cm³/mol. The molecule has 2 N–H and O–H groups in total. The zero-order valence-electron chi connectivity index (χ0n) is 16.3. The van der Waals surface area contributed by atoms with Crippen molar-refractivity contribution >= 4 is 40.8 Å². The molecule has 5 nitrogen and oxygen atoms in total. The van der Waals surface area contributed by atoms with Crippen molar-refractivity contribution in [1.29, 1.82) is 0 Å². The molecular formula is C22H21Cl2N5S. The molecule has 3 aromatic rings. The molecule has 2 aromatic heterocycles. The van der Waals surface area contributed by atoms with Gasteiger partial charge in [-0.05, 0) is 41.9 Å². The van der Waals surface area contributed by atoms with E-state index in [2.05, 4.69) is 44.1 Å². The first kappa shape index (κ1) is 20.1. The molecule has 1 fully saturated rings. The molecular weight excluding hydrogens is 437 g/mol. The van der Waals surface area contributed by atoms with Crippen LogP contribution in [0.1, 0.15) is 30.0 Å². The van der Waals surface area contributed by atoms with Crippen molar-refractivity contribution in [2.24, 2.45) is 11.1 Å². The average Bonchev–Trinajstić information content (AvgIpc) is 3.04. The summed E-state index contributed by atoms with van der Waals surface area (Å²) in [6.45, 7) is 1.88. The van der Waals surface area contributed by atoms with E-state index in [0.29, 0.717) is 10.2 Å². The van der Waals surface area contributed by atoms with E-state index < -0.39 is 0 Å². The van der Waals surface area contributed by atoms with E-state index in [4.69, 9.17) is 28.9 Å². The van der Waals surface area contributed by atoms with Crippen LogP contribution in [0.15, 0.2) is 58.8 Å². The van der Waals surface area contributed by atoms with Crippen molar-refractivity contribution in [2.45, 2.75) is 35.2 Å². The molecule has 0 saturated carbocycles. The lowest BCUT2D eigenvalue weighted by molar-refractivity contribution is 0.187. The Morgan fingerprint density at radius 2 is 1.83 bits per heavy atom. The Hall–Kier alpha value is -1.86. The fourth-order valence-electron chi connectivity index (χ4n) is 4.61. The third kappa shape index (κ3) is 3.56. The highest BCUT2D eigenvalue weighted by molar-refractivity contribution is 7.99. The summed E-state index contributed by atoms with van der Waals surface area (Å²) in [6.07, 6.45) is 8.45. The minimum absolute atomic E-state index is 0.123. The number of anilines is 1. The van der Waals surface area contributed by atoms with Crippen LogP contribution in [0, 0.1) is 5.41 Å². The number of rotatable bonds is 3. The maximum atomic E-state index is 6.68. The number of aromatic nitrogens is 3. The summed E-state index contributed by atoms with van der Waals surface area (Å²) < 4.78 is 0. The largest absolute Gasteiger partial charge is 0.355 e. The third-order valence-electron chi connectivity index (χ3n) is 6.32. The van der Waals surface area contributed by atoms with Gasteiger partial charge in [-0.1, -0.05) is 59.2 Å². The van der Waals surface area contributed by atoms with E-state index in [1.54, 1.807) is 12.4 Å². The lowest BCUT2D eigenvalue weighted by atomic mass is 9.73. The second-order valence-electron chi connectivity index (χ2n) is 7.93. The quantitative estimate of drug-likeness (QED) is 0.546. The average molecular weight is 458 g/mol. The summed E-state index contributed by atoms with van der Waals surface area (Å²) in [5, 5.41) is 1.50. The molecule has 30 heavy (non-hydrogen) atoms. The zero-order valence-corrected chi connectivity index (χ0v) is 18.6. The summed E-state index contributed by atoms with van der Waals surface area (Å²) in [6, 6.07) is 10.6. The number of halogens is 2. The van der Waals surface area contributed by atoms with Gasteiger partial charge in [-0.25, -0.2) is 15.0 Å². The van der Waals surface area contributed by atoms with Gasteiger partial charge in [-0.2, -0.15) is 0 Å². The maximum Gasteiger partial charge on any atom is 0.148 e. The smallest absolute Gasteiger partial charge is 0.148 e. The maximum absolute atomic E-state index is 6.68. The Labute approximate surface area is 190 Å². The van der Waals surface area contributed by atoms with Crippen LogP contribution in [-0.4, -0.2) is 28.0 Å². The number of piperidine rings is 1. The van der Waals surface area contributed by atoms with Gasteiger partial charge < -0.3 is 10.6 Å². The van der Waals surface area contributed by atoms with Crippen molar-refractivity contribution in [3.63, 3.8) is 0 Å². The predicted octanol–water partition coefficient (Wildman–Crippen LogP) is 5.17. The first-order chi connectivity index (χ1) is 14.6. The van der Waals surface area contributed by atoms with E-state index in [1.807, 2.05) is 12.3 Å². The highest BCUT2D eigenvalue weighted by atomic mass is 35.5. The zero-order chi connectivity index (χ0) is 20.7. The van der Waals surface area contributed by atoms with E-state index >= 15 is 0 Å². The van der Waals surface area contributed by atoms with Crippen LogP contribution >= 0.6 is 35.0 Å². The van der Waals surface area contributed by atoms with Crippen LogP contribution in [-0.2, 0) is 6.42 Å². The summed E-state index contributed by atoms with van der Waals surface area (Å²) in [5.74, 6) is 0.900. The molecule has 0 bridgehead atoms. The molecule has 0 unspecified atom stereocenters. The Morgan fingerprint density at radius 1 is 1.03 bits per heavy atom. The Morgan fingerprint density at radius 3 is 2.57 bits per heavy atom. The first-order valence-corrected chi connectivity index (χ1v) is 11.5. The Kier molecular flexibility index (Phi) is 5.35. The lowest BCUT2D eigenvalue weighted by Crippen LogP contribution is -2.44. The number of hydrogen-bond acceptors (Lipinski definition) is 6. The van der Waals surface area contributed by atoms with E-state index in [1.165, 1.54) is 22.9 Å². The van der Waals surface area contributed by atoms with E-state index in [9.17, 15) is 0 Å². The summed E-state index contributed by atoms with van der Waals surface area (Å²) >= 11 is 13.6. The topological polar surface area (TPSA) is 67.9 Å². The number of hydrogen-bond donors (Lipinski definition) is 1. The van der Waals surface area contributed by atoms with Crippen LogP contribution in [0.3, 0.4) is 0 Å². The number of nitrogens with zero attached hydrogens (tertiary/aromatic N) is 4. The minimum Gasteiger partial charge on any atom is -0.355 e. The molecule has 1 aromatic carbocycles. The summed E-state index contributed by atoms with van der Waals surface area (Å²) in [5.41, 5.74) is 9.58. The van der Waals surface area contributed by atoms with E-state index in [0.717, 1.165) is 48.1 Å². The molecule has 1 spiro atoms. The summed E-state index contributed by atoms with van der Waals surface area (Å²) in [4.78, 5) is 16.3. The van der Waals surface area contributed by atoms with Gasteiger partial charge in [0.2, 0.25) is 0 Å². The van der Waals surface area contributed by atoms with Crippen molar-refractivity contribution in [2.75, 3.05) is 18.0 Å². The minimum atomic E-state index is 0.123. The van der Waals surface area contributed by atoms with Gasteiger partial charge in [-0.15, -0.1) is 0 Å². The van der Waals surface area contributed by atoms with E-state index in [-0.39, 0.29) is 11.5 Å². The van der Waals surface area contributed by atoms with Gasteiger partial charge in [0.15, 0.2) is 0 Å². The second-order valence-corrected chi connectivity index (χ2v) is 9.73. The summed E-state index contributed by atoms with van der Waals surface area (Å²) in [7, 11) is 0. The molecule has 1 atom stereocenters. The van der Waals surface area contributed by atoms with Gasteiger partial charge in [-0.3, -0.25) is 0 Å². The van der Waals surface area contributed by atoms with Crippen LogP contribution in [0.2, 0.25) is 10.2 Å². The second kappa shape index (κ2) is 8.00. The van der Waals surface area contributed by atoms with Crippen LogP contribution in [0.5, 0.6) is 0 Å². The van der Waals surface area contributed by atoms with Crippen LogP contribution < -0.4 is 10.6 Å². The molecule has 3 heterocycles. The van der Waals surface area contributed by atoms with Crippen molar-refractivity contribution in [3.8, 4) is 0 Å². The number of benzene rings is 1. The normalized spacial score (nSPS) is 19.8. The SMILES string of the molecule is N[C@@H]1c2ccccc2CC12CCN(c1cnc(Sc3ccnc(Cl)c3Cl)cn1)CC2. The molecule has 154 valence electrons. The fourth-order valence-corrected chi connectivity index (χ4v) is 5.80. The molecule has 5 rings (SSSR count). The third-order valence-corrected chi connectivity index (χ3v) is 8.17. The molecule has 2 aliphatic rings. The number of pyridine rings is 1. The standard InChI is InChI=1S/C22H21Cl2N5S/c23-19-16(5-8-26-21(19)24)30-18-13-27-17(12-28-18)29-9-6-22(7-10-29)11-14-3-1-2-4-15(14)20(22)25/h1-5,8,12-13,20H,6-7,9-11,25H2/t20-/m1/s1. The van der Waals surface area contributed by atoms with Crippen LogP contribution in [0.4, 0.5) is 5.82 Å². The molecule has 8 heteroatoms. The molecule has 1 aliphatic heterocycles. The molecule has 0 amide bonds. The fraction of sp³-hybridized carbons (Fsp3) is 0.318. The Bertz CT molecular complexity index is 1070. The lowest BCUT2D eigenvalue weighted by Gasteiger charge is -2.42.